The molecule has 0 saturated heterocycles. The summed E-state index contributed by atoms with van der Waals surface area (Å²) in [5, 5.41) is 3.50. The Morgan fingerprint density at radius 3 is 2.77 bits per heavy atom. The summed E-state index contributed by atoms with van der Waals surface area (Å²) in [4.78, 5) is 13.5. The van der Waals surface area contributed by atoms with E-state index in [1.807, 2.05) is 0 Å². The topological polar surface area (TPSA) is 63.5 Å². The van der Waals surface area contributed by atoms with Crippen LogP contribution in [-0.4, -0.2) is 10.4 Å². The first-order chi connectivity index (χ1) is 14.3. The smallest absolute Gasteiger partial charge is 0.339 e. The Balaban J connectivity index is 1.74. The molecule has 0 bridgehead atoms. The number of nitrogens with one attached hydrogen (secondary N) is 1. The number of pyridine rings is 1. The number of halogens is 2. The van der Waals surface area contributed by atoms with E-state index in [2.05, 4.69) is 10.1 Å². The molecule has 5 nitrogen and oxygen atoms in total. The van der Waals surface area contributed by atoms with Crippen LogP contribution in [-0.2, 0) is 11.1 Å². The molecule has 1 unspecified atom stereocenters. The lowest BCUT2D eigenvalue weighted by atomic mass is 10.0. The van der Waals surface area contributed by atoms with E-state index in [-0.39, 0.29) is 22.3 Å². The van der Waals surface area contributed by atoms with E-state index in [4.69, 9.17) is 0 Å². The number of hydrogen-bond acceptors (Lipinski definition) is 3. The summed E-state index contributed by atoms with van der Waals surface area (Å²) < 4.78 is 47.0. The van der Waals surface area contributed by atoms with Crippen LogP contribution in [0.3, 0.4) is 0 Å². The molecule has 1 N–H and O–H groups in total. The Morgan fingerprint density at radius 2 is 2.00 bits per heavy atom. The van der Waals surface area contributed by atoms with E-state index >= 15 is 0 Å². The highest BCUT2D eigenvalue weighted by Gasteiger charge is 2.34. The third kappa shape index (κ3) is 3.18. The zero-order valence-corrected chi connectivity index (χ0v) is 17.3. The largest absolute Gasteiger partial charge is 0.384 e. The summed E-state index contributed by atoms with van der Waals surface area (Å²) in [6.45, 7) is 2.16. The molecule has 0 amide bonds. The molecule has 1 aromatic heterocycles. The molecule has 0 spiro atoms. The molecule has 2 aliphatic rings. The van der Waals surface area contributed by atoms with Crippen molar-refractivity contribution < 1.29 is 13.2 Å². The second-order valence-corrected chi connectivity index (χ2v) is 9.63. The maximum atomic E-state index is 15.0. The van der Waals surface area contributed by atoms with E-state index < -0.39 is 13.4 Å². The second-order valence-electron chi connectivity index (χ2n) is 7.94. The maximum Gasteiger partial charge on any atom is 0.384 e. The summed E-state index contributed by atoms with van der Waals surface area (Å²) in [5.41, 5.74) is 1.19. The summed E-state index contributed by atoms with van der Waals surface area (Å²) in [5.74, 6) is 0.0950. The van der Waals surface area contributed by atoms with Gasteiger partial charge < -0.3 is 9.88 Å². The lowest BCUT2D eigenvalue weighted by Gasteiger charge is -2.23. The first kappa shape index (κ1) is 19.2. The molecule has 3 aromatic rings. The number of rotatable bonds is 4. The predicted molar refractivity (Wildman–Crippen MR) is 115 cm³/mol. The number of amidine groups is 1. The van der Waals surface area contributed by atoms with Gasteiger partial charge in [-0.25, -0.2) is 4.39 Å². The van der Waals surface area contributed by atoms with E-state index in [1.54, 1.807) is 35.8 Å². The van der Waals surface area contributed by atoms with E-state index in [1.165, 1.54) is 18.2 Å². The molecular formula is C22H20F2N3O2P. The lowest BCUT2D eigenvalue weighted by molar-refractivity contribution is 0.551. The van der Waals surface area contributed by atoms with Crippen molar-refractivity contribution in [2.45, 2.75) is 32.7 Å². The molecule has 1 fully saturated rings. The van der Waals surface area contributed by atoms with Gasteiger partial charge in [0, 0.05) is 11.9 Å². The van der Waals surface area contributed by atoms with Gasteiger partial charge in [-0.3, -0.25) is 9.36 Å². The highest BCUT2D eigenvalue weighted by molar-refractivity contribution is 7.66. The summed E-state index contributed by atoms with van der Waals surface area (Å²) >= 11 is 0. The van der Waals surface area contributed by atoms with Crippen LogP contribution in [0.1, 0.15) is 30.4 Å². The van der Waals surface area contributed by atoms with Crippen LogP contribution in [0.2, 0.25) is 0 Å². The third-order valence-corrected chi connectivity index (χ3v) is 7.31. The van der Waals surface area contributed by atoms with Crippen molar-refractivity contribution in [3.8, 4) is 0 Å². The van der Waals surface area contributed by atoms with Crippen molar-refractivity contribution in [2.24, 2.45) is 10.7 Å². The van der Waals surface area contributed by atoms with Crippen molar-refractivity contribution in [1.82, 2.24) is 4.57 Å². The second kappa shape index (κ2) is 6.88. The molecule has 1 atom stereocenters. The van der Waals surface area contributed by atoms with Gasteiger partial charge in [-0.15, -0.1) is 0 Å². The van der Waals surface area contributed by atoms with Gasteiger partial charge in [0.1, 0.15) is 11.7 Å². The zero-order valence-electron chi connectivity index (χ0n) is 16.4. The lowest BCUT2D eigenvalue weighted by Crippen LogP contribution is -2.34. The fourth-order valence-corrected chi connectivity index (χ4v) is 5.28. The monoisotopic (exact) mass is 427 g/mol. The third-order valence-electron chi connectivity index (χ3n) is 5.86. The van der Waals surface area contributed by atoms with Crippen LogP contribution < -0.4 is 16.2 Å². The molecule has 1 saturated carbocycles. The molecule has 1 aliphatic carbocycles. The van der Waals surface area contributed by atoms with Gasteiger partial charge in [0.25, 0.3) is 5.56 Å². The van der Waals surface area contributed by atoms with Gasteiger partial charge in [-0.2, -0.15) is 8.96 Å². The Hall–Kier alpha value is -2.79. The Bertz CT molecular complexity index is 1330. The number of para-hydroxylation sites is 1. The number of fused-ring (bicyclic) bond motifs is 2. The zero-order chi connectivity index (χ0) is 21.0. The van der Waals surface area contributed by atoms with Crippen LogP contribution in [0.5, 0.6) is 0 Å². The SMILES string of the molecule is Cc1c(C2=NP(=O)(F)c3ccccc3N2)c(=O)n(CCC2CC2)c2ccc(F)cc12. The molecule has 1 aliphatic heterocycles. The van der Waals surface area contributed by atoms with Crippen molar-refractivity contribution in [3.63, 3.8) is 0 Å². The highest BCUT2D eigenvalue weighted by atomic mass is 31.2. The molecular weight excluding hydrogens is 407 g/mol. The summed E-state index contributed by atoms with van der Waals surface area (Å²) in [6, 6.07) is 10.6. The quantitative estimate of drug-likeness (QED) is 0.602. The molecule has 8 heteroatoms. The van der Waals surface area contributed by atoms with Gasteiger partial charge in [0.05, 0.1) is 22.1 Å². The van der Waals surface area contributed by atoms with Gasteiger partial charge in [-0.05, 0) is 55.2 Å². The average Bonchev–Trinajstić information content (AvgIpc) is 3.52. The van der Waals surface area contributed by atoms with E-state index in [9.17, 15) is 17.9 Å². The maximum absolute atomic E-state index is 15.0. The number of anilines is 1. The molecule has 30 heavy (non-hydrogen) atoms. The Kier molecular flexibility index (Phi) is 4.40. The standard InChI is InChI=1S/C22H20F2N3O2P/c1-13-16-12-15(23)8-9-18(16)27(11-10-14-6-7-14)22(28)20(13)21-25-17-4-2-3-5-19(17)30(24,29)26-21/h2-5,8-9,12,14H,6-7,10-11H2,1H3,(H,25,26,29). The van der Waals surface area contributed by atoms with Gasteiger partial charge in [-0.1, -0.05) is 25.0 Å². The molecule has 5 rings (SSSR count). The van der Waals surface area contributed by atoms with Crippen molar-refractivity contribution in [3.05, 3.63) is 69.8 Å². The molecule has 2 heterocycles. The Morgan fingerprint density at radius 1 is 1.23 bits per heavy atom. The highest BCUT2D eigenvalue weighted by Crippen LogP contribution is 2.52. The predicted octanol–water partition coefficient (Wildman–Crippen LogP) is 4.91. The van der Waals surface area contributed by atoms with Crippen LogP contribution in [0, 0.1) is 18.7 Å². The summed E-state index contributed by atoms with van der Waals surface area (Å²) in [7, 11) is -4.54. The summed E-state index contributed by atoms with van der Waals surface area (Å²) in [6.07, 6.45) is 3.14. The van der Waals surface area contributed by atoms with Gasteiger partial charge >= 0.3 is 7.60 Å². The number of nitrogens with zero attached hydrogens (tertiary/aromatic N) is 2. The minimum absolute atomic E-state index is 0.0210. The van der Waals surface area contributed by atoms with Crippen LogP contribution >= 0.6 is 7.60 Å². The normalized spacial score (nSPS) is 20.6. The number of aryl methyl sites for hydroxylation is 2. The average molecular weight is 427 g/mol. The number of aromatic nitrogens is 1. The van der Waals surface area contributed by atoms with Crippen LogP contribution in [0.4, 0.5) is 14.3 Å². The van der Waals surface area contributed by atoms with E-state index in [0.29, 0.717) is 34.6 Å². The molecule has 154 valence electrons. The van der Waals surface area contributed by atoms with E-state index in [0.717, 1.165) is 19.3 Å². The fraction of sp³-hybridized carbons (Fsp3) is 0.273. The number of hydrogen-bond donors (Lipinski definition) is 1. The first-order valence-electron chi connectivity index (χ1n) is 9.95. The van der Waals surface area contributed by atoms with Crippen LogP contribution in [0.25, 0.3) is 10.9 Å². The molecule has 2 aromatic carbocycles. The minimum Gasteiger partial charge on any atom is -0.339 e. The molecule has 0 radical (unpaired) electrons. The first-order valence-corrected chi connectivity index (χ1v) is 11.5. The Labute approximate surface area is 172 Å². The van der Waals surface area contributed by atoms with Gasteiger partial charge in [0.2, 0.25) is 0 Å². The fourth-order valence-electron chi connectivity index (χ4n) is 4.07. The van der Waals surface area contributed by atoms with Gasteiger partial charge in [0.15, 0.2) is 0 Å². The van der Waals surface area contributed by atoms with Crippen molar-refractivity contribution in [2.75, 3.05) is 5.32 Å². The van der Waals surface area contributed by atoms with Crippen LogP contribution in [0.15, 0.2) is 52.0 Å². The van der Waals surface area contributed by atoms with Crippen molar-refractivity contribution in [1.29, 1.82) is 0 Å². The minimum atomic E-state index is -4.54. The van der Waals surface area contributed by atoms with Crippen molar-refractivity contribution >= 4 is 35.3 Å². The number of benzene rings is 2.